The SMILES string of the molecule is CCOC(=O)/C(N)=C1\CCN(c2ccc3c(c2)CN(CCO)CC3)C(=O)C1=Nc1cccc(Cl)c1F. The van der Waals surface area contributed by atoms with Crippen molar-refractivity contribution >= 4 is 40.6 Å². The minimum atomic E-state index is -0.775. The van der Waals surface area contributed by atoms with Crippen molar-refractivity contribution in [2.45, 2.75) is 26.3 Å². The number of benzene rings is 2. The van der Waals surface area contributed by atoms with Crippen LogP contribution in [0.4, 0.5) is 15.8 Å². The first-order valence-corrected chi connectivity index (χ1v) is 12.2. The molecule has 3 N–H and O–H groups in total. The average molecular weight is 515 g/mol. The molecule has 0 radical (unpaired) electrons. The number of aliphatic hydroxyl groups excluding tert-OH is 1. The Labute approximate surface area is 213 Å². The lowest BCUT2D eigenvalue weighted by Crippen LogP contribution is -2.44. The Bertz CT molecular complexity index is 1250. The third-order valence-electron chi connectivity index (χ3n) is 6.31. The minimum Gasteiger partial charge on any atom is -0.461 e. The highest BCUT2D eigenvalue weighted by molar-refractivity contribution is 6.51. The van der Waals surface area contributed by atoms with Gasteiger partial charge in [0.05, 0.1) is 18.2 Å². The quantitative estimate of drug-likeness (QED) is 0.453. The molecule has 0 aliphatic carbocycles. The molecule has 2 aliphatic rings. The largest absolute Gasteiger partial charge is 0.461 e. The van der Waals surface area contributed by atoms with Crippen LogP contribution in [0.2, 0.25) is 5.02 Å². The molecule has 0 atom stereocenters. The molecule has 8 nitrogen and oxygen atoms in total. The van der Waals surface area contributed by atoms with Crippen LogP contribution in [0.15, 0.2) is 52.7 Å². The van der Waals surface area contributed by atoms with Gasteiger partial charge in [-0.25, -0.2) is 14.2 Å². The number of carbonyl (C=O) groups excluding carboxylic acids is 2. The lowest BCUT2D eigenvalue weighted by atomic mass is 9.95. The predicted molar refractivity (Wildman–Crippen MR) is 136 cm³/mol. The standard InChI is InChI=1S/C26H28ClFN4O4/c1-2-36-26(35)23(29)19-9-11-32(25(34)24(19)30-21-5-3-4-20(27)22(21)28)18-7-6-16-8-10-31(12-13-33)15-17(16)14-18/h3-7,14,33H,2,8-13,15,29H2,1H3/b23-19-,30-24?. The Morgan fingerprint density at radius 2 is 2.03 bits per heavy atom. The highest BCUT2D eigenvalue weighted by atomic mass is 35.5. The Balaban J connectivity index is 1.74. The second-order valence-corrected chi connectivity index (χ2v) is 8.96. The average Bonchev–Trinajstić information content (AvgIpc) is 2.87. The topological polar surface area (TPSA) is 108 Å². The Kier molecular flexibility index (Phi) is 8.03. The molecule has 36 heavy (non-hydrogen) atoms. The van der Waals surface area contributed by atoms with Crippen LogP contribution in [-0.2, 0) is 27.3 Å². The predicted octanol–water partition coefficient (Wildman–Crippen LogP) is 3.11. The van der Waals surface area contributed by atoms with E-state index in [9.17, 15) is 19.1 Å². The van der Waals surface area contributed by atoms with Crippen molar-refractivity contribution in [3.8, 4) is 0 Å². The smallest absolute Gasteiger partial charge is 0.354 e. The summed E-state index contributed by atoms with van der Waals surface area (Å²) in [5.41, 5.74) is 8.73. The molecule has 10 heteroatoms. The number of piperidine rings is 1. The number of anilines is 1. The lowest BCUT2D eigenvalue weighted by molar-refractivity contribution is -0.138. The van der Waals surface area contributed by atoms with Crippen molar-refractivity contribution < 1.29 is 23.8 Å². The summed E-state index contributed by atoms with van der Waals surface area (Å²) in [5.74, 6) is -2.04. The number of amides is 1. The summed E-state index contributed by atoms with van der Waals surface area (Å²) in [6.45, 7) is 4.21. The summed E-state index contributed by atoms with van der Waals surface area (Å²) in [5, 5.41) is 9.16. The number of nitrogens with two attached hydrogens (primary N) is 1. The van der Waals surface area contributed by atoms with Gasteiger partial charge in [0.1, 0.15) is 17.1 Å². The first kappa shape index (κ1) is 25.8. The maximum atomic E-state index is 14.7. The van der Waals surface area contributed by atoms with E-state index in [0.717, 1.165) is 18.5 Å². The third-order valence-corrected chi connectivity index (χ3v) is 6.60. The fourth-order valence-electron chi connectivity index (χ4n) is 4.46. The number of aliphatic hydroxyl groups is 1. The molecule has 4 rings (SSSR count). The highest BCUT2D eigenvalue weighted by Gasteiger charge is 2.34. The number of halogens is 2. The van der Waals surface area contributed by atoms with Crippen LogP contribution >= 0.6 is 11.6 Å². The van der Waals surface area contributed by atoms with Crippen molar-refractivity contribution in [1.82, 2.24) is 4.90 Å². The van der Waals surface area contributed by atoms with Gasteiger partial charge in [0.15, 0.2) is 5.82 Å². The van der Waals surface area contributed by atoms with E-state index >= 15 is 0 Å². The molecule has 2 aliphatic heterocycles. The summed E-state index contributed by atoms with van der Waals surface area (Å²) in [7, 11) is 0. The molecule has 1 amide bonds. The number of hydrogen-bond donors (Lipinski definition) is 2. The number of hydrogen-bond acceptors (Lipinski definition) is 7. The van der Waals surface area contributed by atoms with Crippen molar-refractivity contribution in [3.63, 3.8) is 0 Å². The van der Waals surface area contributed by atoms with Gasteiger partial charge in [0.25, 0.3) is 5.91 Å². The number of ether oxygens (including phenoxy) is 1. The van der Waals surface area contributed by atoms with Crippen LogP contribution in [0, 0.1) is 5.82 Å². The summed E-state index contributed by atoms with van der Waals surface area (Å²) in [6, 6.07) is 10.1. The number of carbonyl (C=O) groups is 2. The van der Waals surface area contributed by atoms with Gasteiger partial charge in [0.2, 0.25) is 0 Å². The number of esters is 1. The van der Waals surface area contributed by atoms with E-state index in [-0.39, 0.29) is 53.9 Å². The van der Waals surface area contributed by atoms with Crippen molar-refractivity contribution in [2.24, 2.45) is 10.7 Å². The maximum Gasteiger partial charge on any atom is 0.354 e. The summed E-state index contributed by atoms with van der Waals surface area (Å²) in [4.78, 5) is 34.1. The normalized spacial score (nSPS) is 18.8. The van der Waals surface area contributed by atoms with E-state index in [1.54, 1.807) is 11.8 Å². The van der Waals surface area contributed by atoms with Crippen LogP contribution in [0.5, 0.6) is 0 Å². The Morgan fingerprint density at radius 1 is 1.22 bits per heavy atom. The highest BCUT2D eigenvalue weighted by Crippen LogP contribution is 2.31. The molecule has 1 fully saturated rings. The van der Waals surface area contributed by atoms with Gasteiger partial charge in [-0.05, 0) is 55.2 Å². The van der Waals surface area contributed by atoms with Crippen LogP contribution in [-0.4, -0.2) is 60.4 Å². The van der Waals surface area contributed by atoms with Crippen molar-refractivity contribution in [3.05, 3.63) is 69.6 Å². The molecule has 2 aromatic rings. The van der Waals surface area contributed by atoms with Gasteiger partial charge in [-0.15, -0.1) is 0 Å². The molecule has 2 heterocycles. The first-order chi connectivity index (χ1) is 17.3. The summed E-state index contributed by atoms with van der Waals surface area (Å²) < 4.78 is 19.7. The zero-order valence-corrected chi connectivity index (χ0v) is 20.7. The lowest BCUT2D eigenvalue weighted by Gasteiger charge is -2.32. The van der Waals surface area contributed by atoms with Crippen LogP contribution < -0.4 is 10.6 Å². The Morgan fingerprint density at radius 3 is 2.78 bits per heavy atom. The number of nitrogens with zero attached hydrogens (tertiary/aromatic N) is 3. The molecular weight excluding hydrogens is 487 g/mol. The van der Waals surface area contributed by atoms with Crippen LogP contribution in [0.25, 0.3) is 0 Å². The van der Waals surface area contributed by atoms with Gasteiger partial charge in [0, 0.05) is 37.4 Å². The van der Waals surface area contributed by atoms with E-state index in [1.165, 1.54) is 23.8 Å². The summed E-state index contributed by atoms with van der Waals surface area (Å²) >= 11 is 5.91. The zero-order chi connectivity index (χ0) is 25.8. The molecule has 0 saturated carbocycles. The molecule has 190 valence electrons. The third kappa shape index (κ3) is 5.28. The second-order valence-electron chi connectivity index (χ2n) is 8.56. The van der Waals surface area contributed by atoms with Crippen molar-refractivity contribution in [2.75, 3.05) is 37.7 Å². The molecule has 1 saturated heterocycles. The van der Waals surface area contributed by atoms with Crippen LogP contribution in [0.1, 0.15) is 24.5 Å². The number of aliphatic imine (C=N–C) groups is 1. The number of rotatable bonds is 6. The first-order valence-electron chi connectivity index (χ1n) is 11.8. The number of β-amino-alcohol motifs (C(OH)–C–C–N with tert-alkyl or cyclic N) is 1. The molecule has 2 aromatic carbocycles. The Hall–Kier alpha value is -3.27. The zero-order valence-electron chi connectivity index (χ0n) is 20.0. The van der Waals surface area contributed by atoms with Gasteiger partial charge in [-0.1, -0.05) is 23.7 Å². The van der Waals surface area contributed by atoms with E-state index in [1.807, 2.05) is 18.2 Å². The van der Waals surface area contributed by atoms with E-state index in [4.69, 9.17) is 22.1 Å². The van der Waals surface area contributed by atoms with Crippen LogP contribution in [0.3, 0.4) is 0 Å². The fraction of sp³-hybridized carbons (Fsp3) is 0.346. The monoisotopic (exact) mass is 514 g/mol. The van der Waals surface area contributed by atoms with Gasteiger partial charge in [-0.2, -0.15) is 0 Å². The van der Waals surface area contributed by atoms with Gasteiger partial charge < -0.3 is 20.5 Å². The fourth-order valence-corrected chi connectivity index (χ4v) is 4.63. The molecule has 0 unspecified atom stereocenters. The van der Waals surface area contributed by atoms with Crippen molar-refractivity contribution in [1.29, 1.82) is 0 Å². The van der Waals surface area contributed by atoms with Gasteiger partial charge >= 0.3 is 5.97 Å². The summed E-state index contributed by atoms with van der Waals surface area (Å²) in [6.07, 6.45) is 1.08. The maximum absolute atomic E-state index is 14.7. The second kappa shape index (κ2) is 11.2. The molecular formula is C26H28ClFN4O4. The molecule has 0 spiro atoms. The molecule has 0 bridgehead atoms. The van der Waals surface area contributed by atoms with E-state index < -0.39 is 17.7 Å². The number of fused-ring (bicyclic) bond motifs is 1. The van der Waals surface area contributed by atoms with Gasteiger partial charge in [-0.3, -0.25) is 9.69 Å². The van der Waals surface area contributed by atoms with E-state index in [0.29, 0.717) is 18.8 Å². The minimum absolute atomic E-state index is 0.0799. The molecule has 0 aromatic heterocycles. The van der Waals surface area contributed by atoms with E-state index in [2.05, 4.69) is 9.89 Å².